The smallest absolute Gasteiger partial charge is 0.434 e. The molecule has 2 aliphatic carbocycles. The molecule has 0 spiro atoms. The lowest BCUT2D eigenvalue weighted by molar-refractivity contribution is -0.140. The molecule has 2 saturated carbocycles. The first-order valence-electron chi connectivity index (χ1n) is 16.2. The second-order valence-electron chi connectivity index (χ2n) is 13.7. The second kappa shape index (κ2) is 12.8. The summed E-state index contributed by atoms with van der Waals surface area (Å²) in [6.45, 7) is 7.63. The Balaban J connectivity index is 1.21. The predicted molar refractivity (Wildman–Crippen MR) is 174 cm³/mol. The molecule has 49 heavy (non-hydrogen) atoms. The van der Waals surface area contributed by atoms with E-state index in [0.717, 1.165) is 30.8 Å². The fourth-order valence-electron chi connectivity index (χ4n) is 5.53. The van der Waals surface area contributed by atoms with E-state index in [1.54, 1.807) is 0 Å². The van der Waals surface area contributed by atoms with Gasteiger partial charge in [-0.2, -0.15) is 18.2 Å². The fraction of sp³-hybridized carbons (Fsp3) is 0.455. The lowest BCUT2D eigenvalue weighted by atomic mass is 10.1. The summed E-state index contributed by atoms with van der Waals surface area (Å²) in [6, 6.07) is 3.87. The molecule has 0 N–H and O–H groups in total. The fourth-order valence-corrected chi connectivity index (χ4v) is 6.28. The summed E-state index contributed by atoms with van der Waals surface area (Å²) in [7, 11) is 0.240. The zero-order chi connectivity index (χ0) is 34.5. The zero-order valence-corrected chi connectivity index (χ0v) is 28.6. The first kappa shape index (κ1) is 33.1. The van der Waals surface area contributed by atoms with Gasteiger partial charge in [0.2, 0.25) is 11.8 Å². The molecule has 11 nitrogen and oxygen atoms in total. The maximum atomic E-state index is 15.5. The van der Waals surface area contributed by atoms with Gasteiger partial charge in [-0.25, -0.2) is 29.3 Å². The number of nitrogens with zero attached hydrogens (tertiary/aromatic N) is 8. The number of ether oxygens (including phenoxy) is 3. The Hall–Kier alpha value is -4.44. The molecule has 5 aromatic heterocycles. The zero-order valence-electron chi connectivity index (χ0n) is 27.6. The van der Waals surface area contributed by atoms with Crippen LogP contribution in [-0.4, -0.2) is 60.8 Å². The van der Waals surface area contributed by atoms with Crippen molar-refractivity contribution < 1.29 is 31.8 Å². The van der Waals surface area contributed by atoms with Crippen LogP contribution in [0.1, 0.15) is 54.6 Å². The Bertz CT molecular complexity index is 2000. The normalized spacial score (nSPS) is 15.3. The van der Waals surface area contributed by atoms with Crippen molar-refractivity contribution in [1.82, 2.24) is 39.0 Å². The molecular weight excluding hydrogens is 660 g/mol. The van der Waals surface area contributed by atoms with Gasteiger partial charge in [0.25, 0.3) is 0 Å². The van der Waals surface area contributed by atoms with Crippen molar-refractivity contribution in [1.29, 1.82) is 0 Å². The molecule has 0 saturated heterocycles. The highest BCUT2D eigenvalue weighted by molar-refractivity contribution is 6.76. The molecule has 2 aliphatic rings. The van der Waals surface area contributed by atoms with Crippen LogP contribution in [0.25, 0.3) is 33.9 Å². The molecule has 258 valence electrons. The van der Waals surface area contributed by atoms with Gasteiger partial charge in [-0.15, -0.1) is 0 Å². The molecule has 0 atom stereocenters. The maximum Gasteiger partial charge on any atom is 0.434 e. The Morgan fingerprint density at radius 2 is 1.80 bits per heavy atom. The molecule has 0 unspecified atom stereocenters. The van der Waals surface area contributed by atoms with E-state index >= 15 is 4.39 Å². The monoisotopic (exact) mass is 696 g/mol. The number of hydrogen-bond donors (Lipinski definition) is 0. The average molecular weight is 697 g/mol. The van der Waals surface area contributed by atoms with E-state index < -0.39 is 25.8 Å². The summed E-state index contributed by atoms with van der Waals surface area (Å²) in [4.78, 5) is 26.5. The van der Waals surface area contributed by atoms with Gasteiger partial charge in [-0.3, -0.25) is 0 Å². The number of fused-ring (bicyclic) bond motifs is 1. The van der Waals surface area contributed by atoms with Gasteiger partial charge in [0, 0.05) is 50.8 Å². The minimum atomic E-state index is -4.66. The van der Waals surface area contributed by atoms with Crippen LogP contribution >= 0.6 is 0 Å². The molecular formula is C33H36F4N8O3Si. The van der Waals surface area contributed by atoms with Gasteiger partial charge in [0.15, 0.2) is 23.2 Å². The summed E-state index contributed by atoms with van der Waals surface area (Å²) >= 11 is 0. The summed E-state index contributed by atoms with van der Waals surface area (Å²) < 4.78 is 76.9. The highest BCUT2D eigenvalue weighted by Gasteiger charge is 2.38. The third kappa shape index (κ3) is 7.15. The van der Waals surface area contributed by atoms with E-state index in [-0.39, 0.29) is 42.7 Å². The van der Waals surface area contributed by atoms with Gasteiger partial charge in [-0.1, -0.05) is 19.6 Å². The Morgan fingerprint density at radius 1 is 1.00 bits per heavy atom. The molecule has 0 bridgehead atoms. The van der Waals surface area contributed by atoms with E-state index in [9.17, 15) is 13.2 Å². The Labute approximate surface area is 280 Å². The van der Waals surface area contributed by atoms with Crippen molar-refractivity contribution in [2.75, 3.05) is 13.7 Å². The minimum Gasteiger partial charge on any atom is -0.480 e. The molecule has 0 aromatic carbocycles. The molecule has 0 aliphatic heterocycles. The number of methoxy groups -OCH3 is 1. The van der Waals surface area contributed by atoms with Crippen molar-refractivity contribution in [3.8, 4) is 34.7 Å². The van der Waals surface area contributed by atoms with Crippen molar-refractivity contribution in [2.24, 2.45) is 0 Å². The van der Waals surface area contributed by atoms with Crippen molar-refractivity contribution in [2.45, 2.75) is 82.8 Å². The number of pyridine rings is 1. The largest absolute Gasteiger partial charge is 0.480 e. The van der Waals surface area contributed by atoms with Crippen LogP contribution in [0.4, 0.5) is 17.6 Å². The topological polar surface area (TPSA) is 115 Å². The van der Waals surface area contributed by atoms with Gasteiger partial charge in [-0.05, 0) is 43.9 Å². The summed E-state index contributed by atoms with van der Waals surface area (Å²) in [6.07, 6.45) is 4.29. The van der Waals surface area contributed by atoms with Crippen LogP contribution in [-0.2, 0) is 24.3 Å². The van der Waals surface area contributed by atoms with Crippen LogP contribution in [0.3, 0.4) is 0 Å². The highest BCUT2D eigenvalue weighted by Crippen LogP contribution is 2.45. The van der Waals surface area contributed by atoms with E-state index in [4.69, 9.17) is 24.2 Å². The maximum absolute atomic E-state index is 15.5. The minimum absolute atomic E-state index is 0.129. The Kier molecular flexibility index (Phi) is 8.63. The molecule has 7 rings (SSSR count). The third-order valence-corrected chi connectivity index (χ3v) is 10.2. The number of aromatic nitrogens is 8. The number of hydrogen-bond acceptors (Lipinski definition) is 9. The lowest BCUT2D eigenvalue weighted by Gasteiger charge is -2.16. The van der Waals surface area contributed by atoms with Crippen LogP contribution in [0.2, 0.25) is 25.7 Å². The first-order valence-corrected chi connectivity index (χ1v) is 19.9. The molecule has 5 heterocycles. The average Bonchev–Trinajstić information content (AvgIpc) is 3.99. The van der Waals surface area contributed by atoms with Crippen LogP contribution < -0.4 is 9.47 Å². The van der Waals surface area contributed by atoms with Crippen LogP contribution in [0.15, 0.2) is 37.1 Å². The first-order chi connectivity index (χ1) is 23.4. The highest BCUT2D eigenvalue weighted by atomic mass is 28.3. The number of alkyl halides is 3. The lowest BCUT2D eigenvalue weighted by Crippen LogP contribution is -2.22. The van der Waals surface area contributed by atoms with Gasteiger partial charge in [0.1, 0.15) is 36.6 Å². The van der Waals surface area contributed by atoms with E-state index in [1.807, 2.05) is 16.8 Å². The standard InChI is InChI=1S/C33H36F4N8O3Si/c1-46-32-25(26(20-5-6-20)39-17-40-32)28-42-29-22(9-10-44(29)18-47-11-12-49(2,3)4)31(43-28)48-16-19-13-23(34)27(38-14-19)30-41-24(33(35,36)37)15-45(30)21-7-8-21/h9-10,13-15,17,20-21H,5-8,11-12,16,18H2,1-4H3. The predicted octanol–water partition coefficient (Wildman–Crippen LogP) is 7.42. The van der Waals surface area contributed by atoms with Gasteiger partial charge in [0.05, 0.1) is 18.2 Å². The van der Waals surface area contributed by atoms with Crippen molar-refractivity contribution in [3.63, 3.8) is 0 Å². The molecule has 5 aromatic rings. The number of halogens is 4. The van der Waals surface area contributed by atoms with Crippen LogP contribution in [0, 0.1) is 5.82 Å². The Morgan fingerprint density at radius 3 is 2.47 bits per heavy atom. The van der Waals surface area contributed by atoms with E-state index in [1.165, 1.54) is 30.3 Å². The molecule has 16 heteroatoms. The SMILES string of the molecule is COc1ncnc(C2CC2)c1-c1nc(OCc2cnc(-c3nc(C(F)(F)F)cn3C3CC3)c(F)c2)c2ccn(COCC[Si](C)(C)C)c2n1. The van der Waals surface area contributed by atoms with E-state index in [2.05, 4.69) is 39.6 Å². The number of rotatable bonds is 13. The second-order valence-corrected chi connectivity index (χ2v) is 19.3. The van der Waals surface area contributed by atoms with Gasteiger partial charge < -0.3 is 23.3 Å². The van der Waals surface area contributed by atoms with Crippen molar-refractivity contribution in [3.05, 3.63) is 59.8 Å². The van der Waals surface area contributed by atoms with E-state index in [0.29, 0.717) is 53.3 Å². The molecule has 0 radical (unpaired) electrons. The number of imidazole rings is 1. The quantitative estimate of drug-likeness (QED) is 0.0705. The molecule has 2 fully saturated rings. The van der Waals surface area contributed by atoms with Crippen molar-refractivity contribution >= 4 is 19.1 Å². The van der Waals surface area contributed by atoms with Gasteiger partial charge >= 0.3 is 6.18 Å². The van der Waals surface area contributed by atoms with Crippen LogP contribution in [0.5, 0.6) is 11.8 Å². The summed E-state index contributed by atoms with van der Waals surface area (Å²) in [5.41, 5.74) is 0.948. The third-order valence-electron chi connectivity index (χ3n) is 8.48. The summed E-state index contributed by atoms with van der Waals surface area (Å²) in [5, 5.41) is 0.609. The molecule has 0 amide bonds. The summed E-state index contributed by atoms with van der Waals surface area (Å²) in [5.74, 6) is 0.167.